The predicted octanol–water partition coefficient (Wildman–Crippen LogP) is 1.61. The maximum Gasteiger partial charge on any atom is 0.269 e. The molecule has 20 heavy (non-hydrogen) atoms. The van der Waals surface area contributed by atoms with Crippen LogP contribution in [0.2, 0.25) is 0 Å². The number of hydrogen-bond donors (Lipinski definition) is 0. The highest BCUT2D eigenvalue weighted by Gasteiger charge is 2.14. The van der Waals surface area contributed by atoms with Crippen LogP contribution < -0.4 is 4.74 Å². The first-order chi connectivity index (χ1) is 9.69. The first-order valence-corrected chi connectivity index (χ1v) is 7.01. The van der Waals surface area contributed by atoms with Crippen molar-refractivity contribution < 1.29 is 9.66 Å². The largest absolute Gasteiger partial charge is 0.492 e. The molecule has 0 unspecified atom stereocenters. The fourth-order valence-corrected chi connectivity index (χ4v) is 2.29. The first-order valence-electron chi connectivity index (χ1n) is 7.01. The number of nitrogens with zero attached hydrogens (tertiary/aromatic N) is 3. The lowest BCUT2D eigenvalue weighted by Crippen LogP contribution is -2.47. The van der Waals surface area contributed by atoms with E-state index in [1.165, 1.54) is 12.1 Å². The molecular formula is C14H21N3O3. The number of likely N-dealkylation sites (N-methyl/N-ethyl adjacent to an activating group) is 1. The van der Waals surface area contributed by atoms with Crippen molar-refractivity contribution in [2.75, 3.05) is 45.9 Å². The van der Waals surface area contributed by atoms with Crippen LogP contribution in [-0.4, -0.2) is 60.6 Å². The normalized spacial score (nSPS) is 17.1. The second kappa shape index (κ2) is 7.21. The second-order valence-corrected chi connectivity index (χ2v) is 4.88. The van der Waals surface area contributed by atoms with Gasteiger partial charge in [-0.3, -0.25) is 15.0 Å². The van der Waals surface area contributed by atoms with Gasteiger partial charge >= 0.3 is 0 Å². The minimum Gasteiger partial charge on any atom is -0.492 e. The average Bonchev–Trinajstić information content (AvgIpc) is 2.48. The standard InChI is InChI=1S/C14H21N3O3/c1-2-15-7-9-16(10-8-15)11-12-20-14-5-3-13(4-6-14)17(18)19/h3-6H,2,7-12H2,1H3. The molecule has 1 fully saturated rings. The van der Waals surface area contributed by atoms with E-state index in [-0.39, 0.29) is 5.69 Å². The van der Waals surface area contributed by atoms with E-state index in [0.29, 0.717) is 12.4 Å². The molecule has 110 valence electrons. The van der Waals surface area contributed by atoms with Crippen molar-refractivity contribution in [1.82, 2.24) is 9.80 Å². The summed E-state index contributed by atoms with van der Waals surface area (Å²) in [5.74, 6) is 0.683. The monoisotopic (exact) mass is 279 g/mol. The smallest absolute Gasteiger partial charge is 0.269 e. The Kier molecular flexibility index (Phi) is 5.31. The fraction of sp³-hybridized carbons (Fsp3) is 0.571. The molecule has 2 rings (SSSR count). The Morgan fingerprint density at radius 1 is 1.15 bits per heavy atom. The van der Waals surface area contributed by atoms with Gasteiger partial charge in [0.1, 0.15) is 12.4 Å². The lowest BCUT2D eigenvalue weighted by Gasteiger charge is -2.33. The summed E-state index contributed by atoms with van der Waals surface area (Å²) in [7, 11) is 0. The van der Waals surface area contributed by atoms with E-state index in [4.69, 9.17) is 4.74 Å². The number of hydrogen-bond acceptors (Lipinski definition) is 5. The van der Waals surface area contributed by atoms with Crippen molar-refractivity contribution in [1.29, 1.82) is 0 Å². The molecule has 6 nitrogen and oxygen atoms in total. The van der Waals surface area contributed by atoms with Crippen LogP contribution in [0.5, 0.6) is 5.75 Å². The van der Waals surface area contributed by atoms with Gasteiger partial charge in [-0.2, -0.15) is 0 Å². The SMILES string of the molecule is CCN1CCN(CCOc2ccc([N+](=O)[O-])cc2)CC1. The summed E-state index contributed by atoms with van der Waals surface area (Å²) in [5, 5.41) is 10.5. The number of nitro groups is 1. The molecule has 0 amide bonds. The third kappa shape index (κ3) is 4.18. The van der Waals surface area contributed by atoms with Crippen molar-refractivity contribution in [3.8, 4) is 5.75 Å². The van der Waals surface area contributed by atoms with Gasteiger partial charge < -0.3 is 9.64 Å². The van der Waals surface area contributed by atoms with Gasteiger partial charge in [-0.25, -0.2) is 0 Å². The van der Waals surface area contributed by atoms with Crippen LogP contribution in [0.15, 0.2) is 24.3 Å². The second-order valence-electron chi connectivity index (χ2n) is 4.88. The first kappa shape index (κ1) is 14.7. The molecule has 6 heteroatoms. The molecule has 0 N–H and O–H groups in total. The van der Waals surface area contributed by atoms with E-state index in [2.05, 4.69) is 16.7 Å². The van der Waals surface area contributed by atoms with Gasteiger partial charge in [0.25, 0.3) is 5.69 Å². The van der Waals surface area contributed by atoms with Gasteiger partial charge in [-0.15, -0.1) is 0 Å². The van der Waals surface area contributed by atoms with Gasteiger partial charge in [0, 0.05) is 44.9 Å². The lowest BCUT2D eigenvalue weighted by molar-refractivity contribution is -0.384. The summed E-state index contributed by atoms with van der Waals surface area (Å²) in [6.45, 7) is 9.22. The van der Waals surface area contributed by atoms with E-state index in [1.54, 1.807) is 12.1 Å². The summed E-state index contributed by atoms with van der Waals surface area (Å²) < 4.78 is 5.62. The molecule has 1 aromatic carbocycles. The van der Waals surface area contributed by atoms with Crippen molar-refractivity contribution in [3.63, 3.8) is 0 Å². The number of nitro benzene ring substituents is 1. The van der Waals surface area contributed by atoms with Crippen LogP contribution in [0.1, 0.15) is 6.92 Å². The lowest BCUT2D eigenvalue weighted by atomic mass is 10.3. The highest BCUT2D eigenvalue weighted by Crippen LogP contribution is 2.17. The molecule has 0 atom stereocenters. The number of ether oxygens (including phenoxy) is 1. The van der Waals surface area contributed by atoms with Gasteiger partial charge in [-0.05, 0) is 18.7 Å². The topological polar surface area (TPSA) is 58.8 Å². The summed E-state index contributed by atoms with van der Waals surface area (Å²) >= 11 is 0. The highest BCUT2D eigenvalue weighted by molar-refractivity contribution is 5.35. The number of rotatable bonds is 6. The maximum atomic E-state index is 10.5. The third-order valence-corrected chi connectivity index (χ3v) is 3.64. The molecule has 0 aromatic heterocycles. The Balaban J connectivity index is 1.69. The van der Waals surface area contributed by atoms with Crippen LogP contribution in [0.25, 0.3) is 0 Å². The minimum atomic E-state index is -0.406. The Morgan fingerprint density at radius 2 is 1.75 bits per heavy atom. The number of piperazine rings is 1. The van der Waals surface area contributed by atoms with Gasteiger partial charge in [-0.1, -0.05) is 6.92 Å². The summed E-state index contributed by atoms with van der Waals surface area (Å²) in [5.41, 5.74) is 0.0908. The van der Waals surface area contributed by atoms with Crippen LogP contribution >= 0.6 is 0 Å². The van der Waals surface area contributed by atoms with Crippen molar-refractivity contribution >= 4 is 5.69 Å². The van der Waals surface area contributed by atoms with Gasteiger partial charge in [0.15, 0.2) is 0 Å². The van der Waals surface area contributed by atoms with E-state index in [9.17, 15) is 10.1 Å². The molecule has 0 spiro atoms. The summed E-state index contributed by atoms with van der Waals surface area (Å²) in [4.78, 5) is 15.0. The molecular weight excluding hydrogens is 258 g/mol. The van der Waals surface area contributed by atoms with E-state index >= 15 is 0 Å². The average molecular weight is 279 g/mol. The quantitative estimate of drug-likeness (QED) is 0.585. The number of benzene rings is 1. The van der Waals surface area contributed by atoms with E-state index < -0.39 is 4.92 Å². The van der Waals surface area contributed by atoms with Crippen molar-refractivity contribution in [3.05, 3.63) is 34.4 Å². The van der Waals surface area contributed by atoms with Gasteiger partial charge in [0.05, 0.1) is 4.92 Å². The molecule has 0 saturated carbocycles. The molecule has 1 aliphatic rings. The zero-order valence-electron chi connectivity index (χ0n) is 11.8. The highest BCUT2D eigenvalue weighted by atomic mass is 16.6. The van der Waals surface area contributed by atoms with Gasteiger partial charge in [0.2, 0.25) is 0 Å². The molecule has 0 aliphatic carbocycles. The fourth-order valence-electron chi connectivity index (χ4n) is 2.29. The zero-order valence-corrected chi connectivity index (χ0v) is 11.8. The Hall–Kier alpha value is -1.66. The van der Waals surface area contributed by atoms with Crippen LogP contribution in [-0.2, 0) is 0 Å². The Morgan fingerprint density at radius 3 is 2.30 bits per heavy atom. The Labute approximate surface area is 119 Å². The van der Waals surface area contributed by atoms with E-state index in [0.717, 1.165) is 39.3 Å². The molecule has 1 heterocycles. The Bertz CT molecular complexity index is 428. The van der Waals surface area contributed by atoms with Crippen LogP contribution in [0.4, 0.5) is 5.69 Å². The van der Waals surface area contributed by atoms with Crippen molar-refractivity contribution in [2.24, 2.45) is 0 Å². The molecule has 0 radical (unpaired) electrons. The maximum absolute atomic E-state index is 10.5. The molecule has 0 bridgehead atoms. The molecule has 1 aromatic rings. The van der Waals surface area contributed by atoms with E-state index in [1.807, 2.05) is 0 Å². The molecule has 1 saturated heterocycles. The summed E-state index contributed by atoms with van der Waals surface area (Å²) in [6.07, 6.45) is 0. The predicted molar refractivity (Wildman–Crippen MR) is 77.1 cm³/mol. The third-order valence-electron chi connectivity index (χ3n) is 3.64. The zero-order chi connectivity index (χ0) is 14.4. The van der Waals surface area contributed by atoms with Crippen molar-refractivity contribution in [2.45, 2.75) is 6.92 Å². The molecule has 1 aliphatic heterocycles. The number of non-ortho nitro benzene ring substituents is 1. The summed E-state index contributed by atoms with van der Waals surface area (Å²) in [6, 6.07) is 6.23. The van der Waals surface area contributed by atoms with Crippen LogP contribution in [0, 0.1) is 10.1 Å². The van der Waals surface area contributed by atoms with Crippen LogP contribution in [0.3, 0.4) is 0 Å². The minimum absolute atomic E-state index is 0.0908.